The first-order valence-electron chi connectivity index (χ1n) is 7.16. The largest absolute Gasteiger partial charge is 0.396 e. The average Bonchev–Trinajstić information content (AvgIpc) is 2.49. The van der Waals surface area contributed by atoms with E-state index in [9.17, 15) is 4.79 Å². The van der Waals surface area contributed by atoms with Crippen LogP contribution in [0.1, 0.15) is 36.0 Å². The molecule has 1 heterocycles. The number of halogens is 1. The number of nitrogens with zero attached hydrogens (tertiary/aromatic N) is 1. The molecule has 1 aromatic carbocycles. The highest BCUT2D eigenvalue weighted by molar-refractivity contribution is 6.30. The van der Waals surface area contributed by atoms with Crippen molar-refractivity contribution in [3.05, 3.63) is 41.0 Å². The SMILES string of the molecule is O=C(NCCCCCCO)c1cc(Cl)nc2ccccc12. The van der Waals surface area contributed by atoms with E-state index in [0.717, 1.165) is 36.6 Å². The van der Waals surface area contributed by atoms with Gasteiger partial charge in [-0.3, -0.25) is 4.79 Å². The van der Waals surface area contributed by atoms with Crippen LogP contribution in [-0.4, -0.2) is 29.1 Å². The van der Waals surface area contributed by atoms with Crippen LogP contribution in [0, 0.1) is 0 Å². The number of fused-ring (bicyclic) bond motifs is 1. The number of hydrogen-bond donors (Lipinski definition) is 2. The van der Waals surface area contributed by atoms with Crippen molar-refractivity contribution in [2.45, 2.75) is 25.7 Å². The Hall–Kier alpha value is -1.65. The first-order valence-corrected chi connectivity index (χ1v) is 7.54. The number of rotatable bonds is 7. The maximum Gasteiger partial charge on any atom is 0.252 e. The van der Waals surface area contributed by atoms with Crippen LogP contribution in [-0.2, 0) is 0 Å². The topological polar surface area (TPSA) is 62.2 Å². The number of unbranched alkanes of at least 4 members (excludes halogenated alkanes) is 3. The molecule has 112 valence electrons. The van der Waals surface area contributed by atoms with Gasteiger partial charge in [-0.15, -0.1) is 0 Å². The van der Waals surface area contributed by atoms with E-state index in [1.165, 1.54) is 0 Å². The molecule has 2 rings (SSSR count). The number of nitrogens with one attached hydrogen (secondary N) is 1. The van der Waals surface area contributed by atoms with Gasteiger partial charge in [-0.05, 0) is 25.0 Å². The average molecular weight is 307 g/mol. The molecular weight excluding hydrogens is 288 g/mol. The lowest BCUT2D eigenvalue weighted by molar-refractivity contribution is 0.0954. The first kappa shape index (κ1) is 15.7. The van der Waals surface area contributed by atoms with Crippen LogP contribution >= 0.6 is 11.6 Å². The molecule has 0 bridgehead atoms. The van der Waals surface area contributed by atoms with E-state index < -0.39 is 0 Å². The van der Waals surface area contributed by atoms with Gasteiger partial charge < -0.3 is 10.4 Å². The van der Waals surface area contributed by atoms with Gasteiger partial charge >= 0.3 is 0 Å². The molecule has 5 heteroatoms. The number of pyridine rings is 1. The molecule has 0 fully saturated rings. The lowest BCUT2D eigenvalue weighted by Crippen LogP contribution is -2.24. The smallest absolute Gasteiger partial charge is 0.252 e. The summed E-state index contributed by atoms with van der Waals surface area (Å²) in [6.07, 6.45) is 3.70. The van der Waals surface area contributed by atoms with E-state index in [4.69, 9.17) is 16.7 Å². The third-order valence-corrected chi connectivity index (χ3v) is 3.49. The Kier molecular flexibility index (Phi) is 5.96. The predicted octanol–water partition coefficient (Wildman–Crippen LogP) is 3.17. The lowest BCUT2D eigenvalue weighted by Gasteiger charge is -2.08. The Balaban J connectivity index is 1.99. The van der Waals surface area contributed by atoms with Gasteiger partial charge in [0.1, 0.15) is 5.15 Å². The minimum absolute atomic E-state index is 0.127. The van der Waals surface area contributed by atoms with Crippen molar-refractivity contribution in [1.29, 1.82) is 0 Å². The highest BCUT2D eigenvalue weighted by atomic mass is 35.5. The fourth-order valence-corrected chi connectivity index (χ4v) is 2.42. The molecular formula is C16H19ClN2O2. The summed E-state index contributed by atoms with van der Waals surface area (Å²) in [6, 6.07) is 9.06. The number of carbonyl (C=O) groups is 1. The zero-order chi connectivity index (χ0) is 15.1. The number of amides is 1. The van der Waals surface area contributed by atoms with Gasteiger partial charge in [0.15, 0.2) is 0 Å². The number of aliphatic hydroxyl groups excluding tert-OH is 1. The highest BCUT2D eigenvalue weighted by Gasteiger charge is 2.11. The summed E-state index contributed by atoms with van der Waals surface area (Å²) in [5.74, 6) is -0.127. The van der Waals surface area contributed by atoms with Crippen molar-refractivity contribution in [2.75, 3.05) is 13.2 Å². The second-order valence-corrected chi connectivity index (χ2v) is 5.29. The minimum atomic E-state index is -0.127. The Morgan fingerprint density at radius 1 is 1.19 bits per heavy atom. The molecule has 0 saturated carbocycles. The number of benzene rings is 1. The first-order chi connectivity index (χ1) is 10.2. The van der Waals surface area contributed by atoms with Crippen LogP contribution < -0.4 is 5.32 Å². The summed E-state index contributed by atoms with van der Waals surface area (Å²) >= 11 is 5.97. The Morgan fingerprint density at radius 3 is 2.76 bits per heavy atom. The van der Waals surface area contributed by atoms with Crippen LogP contribution in [0.3, 0.4) is 0 Å². The number of aromatic nitrogens is 1. The van der Waals surface area contributed by atoms with Crippen molar-refractivity contribution >= 4 is 28.4 Å². The quantitative estimate of drug-likeness (QED) is 0.610. The summed E-state index contributed by atoms with van der Waals surface area (Å²) in [5, 5.41) is 12.7. The van der Waals surface area contributed by atoms with Gasteiger partial charge in [-0.25, -0.2) is 4.98 Å². The monoisotopic (exact) mass is 306 g/mol. The molecule has 0 aliphatic rings. The molecule has 0 unspecified atom stereocenters. The third-order valence-electron chi connectivity index (χ3n) is 3.30. The summed E-state index contributed by atoms with van der Waals surface area (Å²) in [4.78, 5) is 16.5. The molecule has 0 saturated heterocycles. The molecule has 0 radical (unpaired) electrons. The van der Waals surface area contributed by atoms with Gasteiger partial charge in [0.2, 0.25) is 0 Å². The number of aliphatic hydroxyl groups is 1. The fourth-order valence-electron chi connectivity index (χ4n) is 2.22. The fraction of sp³-hybridized carbons (Fsp3) is 0.375. The molecule has 0 atom stereocenters. The third kappa shape index (κ3) is 4.41. The highest BCUT2D eigenvalue weighted by Crippen LogP contribution is 2.20. The standard InChI is InChI=1S/C16H19ClN2O2/c17-15-11-13(12-7-3-4-8-14(12)19-15)16(21)18-9-5-1-2-6-10-20/h3-4,7-8,11,20H,1-2,5-6,9-10H2,(H,18,21). The van der Waals surface area contributed by atoms with Gasteiger partial charge in [0.05, 0.1) is 11.1 Å². The molecule has 0 aliphatic carbocycles. The van der Waals surface area contributed by atoms with E-state index in [1.807, 2.05) is 24.3 Å². The van der Waals surface area contributed by atoms with Gasteiger partial charge in [0, 0.05) is 18.5 Å². The van der Waals surface area contributed by atoms with E-state index in [2.05, 4.69) is 10.3 Å². The van der Waals surface area contributed by atoms with Crippen molar-refractivity contribution < 1.29 is 9.90 Å². The molecule has 21 heavy (non-hydrogen) atoms. The van der Waals surface area contributed by atoms with Crippen LogP contribution in [0.15, 0.2) is 30.3 Å². The lowest BCUT2D eigenvalue weighted by atomic mass is 10.1. The predicted molar refractivity (Wildman–Crippen MR) is 84.6 cm³/mol. The zero-order valence-electron chi connectivity index (χ0n) is 11.8. The van der Waals surface area contributed by atoms with E-state index in [1.54, 1.807) is 6.07 Å². The van der Waals surface area contributed by atoms with Crippen molar-refractivity contribution in [1.82, 2.24) is 10.3 Å². The van der Waals surface area contributed by atoms with Gasteiger partial charge in [0.25, 0.3) is 5.91 Å². The summed E-state index contributed by atoms with van der Waals surface area (Å²) in [5.41, 5.74) is 1.28. The molecule has 1 aromatic heterocycles. The molecule has 2 aromatic rings. The summed E-state index contributed by atoms with van der Waals surface area (Å²) < 4.78 is 0. The second kappa shape index (κ2) is 7.96. The number of carbonyl (C=O) groups excluding carboxylic acids is 1. The molecule has 0 aliphatic heterocycles. The Morgan fingerprint density at radius 2 is 1.95 bits per heavy atom. The van der Waals surface area contributed by atoms with E-state index in [-0.39, 0.29) is 12.5 Å². The normalized spacial score (nSPS) is 10.8. The van der Waals surface area contributed by atoms with E-state index >= 15 is 0 Å². The van der Waals surface area contributed by atoms with Crippen LogP contribution in [0.25, 0.3) is 10.9 Å². The van der Waals surface area contributed by atoms with Gasteiger partial charge in [-0.1, -0.05) is 42.6 Å². The van der Waals surface area contributed by atoms with Gasteiger partial charge in [-0.2, -0.15) is 0 Å². The van der Waals surface area contributed by atoms with Crippen LogP contribution in [0.4, 0.5) is 0 Å². The van der Waals surface area contributed by atoms with Crippen molar-refractivity contribution in [3.8, 4) is 0 Å². The molecule has 4 nitrogen and oxygen atoms in total. The van der Waals surface area contributed by atoms with Crippen LogP contribution in [0.5, 0.6) is 0 Å². The number of hydrogen-bond acceptors (Lipinski definition) is 3. The second-order valence-electron chi connectivity index (χ2n) is 4.90. The zero-order valence-corrected chi connectivity index (χ0v) is 12.6. The van der Waals surface area contributed by atoms with Crippen molar-refractivity contribution in [2.24, 2.45) is 0 Å². The molecule has 2 N–H and O–H groups in total. The van der Waals surface area contributed by atoms with E-state index in [0.29, 0.717) is 17.3 Å². The summed E-state index contributed by atoms with van der Waals surface area (Å²) in [7, 11) is 0. The Bertz CT molecular complexity index is 616. The molecule has 1 amide bonds. The molecule has 0 spiro atoms. The maximum atomic E-state index is 12.3. The summed E-state index contributed by atoms with van der Waals surface area (Å²) in [6.45, 7) is 0.854. The Labute approximate surface area is 129 Å². The minimum Gasteiger partial charge on any atom is -0.396 e. The number of para-hydroxylation sites is 1. The van der Waals surface area contributed by atoms with Crippen molar-refractivity contribution in [3.63, 3.8) is 0 Å². The maximum absolute atomic E-state index is 12.3. The van der Waals surface area contributed by atoms with Crippen LogP contribution in [0.2, 0.25) is 5.15 Å².